The highest BCUT2D eigenvalue weighted by molar-refractivity contribution is 7.91. The Balaban J connectivity index is 1.90. The second kappa shape index (κ2) is 9.65. The highest BCUT2D eigenvalue weighted by Gasteiger charge is 2.24. The zero-order valence-corrected chi connectivity index (χ0v) is 20.5. The normalized spacial score (nSPS) is 12.4. The number of hydrogen-bond acceptors (Lipinski definition) is 8. The number of likely N-dealkylation sites (N-methyl/N-ethyl adjacent to an activating group) is 1. The Bertz CT molecular complexity index is 1320. The molecule has 0 aliphatic carbocycles. The van der Waals surface area contributed by atoms with Gasteiger partial charge in [0, 0.05) is 25.8 Å². The third kappa shape index (κ3) is 5.71. The van der Waals surface area contributed by atoms with Crippen LogP contribution in [0.15, 0.2) is 58.3 Å². The fourth-order valence-electron chi connectivity index (χ4n) is 3.06. The van der Waals surface area contributed by atoms with E-state index in [1.165, 1.54) is 34.4 Å². The molecule has 3 rings (SSSR count). The molecule has 0 saturated heterocycles. The molecule has 1 amide bonds. The first-order chi connectivity index (χ1) is 15.0. The number of para-hydroxylation sites is 1. The largest absolute Gasteiger partial charge is 0.308 e. The van der Waals surface area contributed by atoms with Crippen LogP contribution in [-0.4, -0.2) is 71.8 Å². The minimum Gasteiger partial charge on any atom is -0.308 e. The standard InChI is InChI=1S/C21H25N3O5S3/c1-23(2)13-14-24(19(25)12-15-32(28,29)16-8-5-4-6-9-16)21-22-20-17(30-21)10-7-11-18(20)31(3,26)27/h4-11H,12-15H2,1-3H3. The van der Waals surface area contributed by atoms with Crippen LogP contribution in [0.25, 0.3) is 10.2 Å². The van der Waals surface area contributed by atoms with Gasteiger partial charge in [0.05, 0.1) is 20.2 Å². The van der Waals surface area contributed by atoms with Gasteiger partial charge in [-0.05, 0) is 38.4 Å². The average molecular weight is 496 g/mol. The number of fused-ring (bicyclic) bond motifs is 1. The van der Waals surface area contributed by atoms with Crippen LogP contribution in [0.3, 0.4) is 0 Å². The maximum absolute atomic E-state index is 13.1. The predicted molar refractivity (Wildman–Crippen MR) is 127 cm³/mol. The molecule has 32 heavy (non-hydrogen) atoms. The number of benzene rings is 2. The number of nitrogens with zero attached hydrogens (tertiary/aromatic N) is 3. The van der Waals surface area contributed by atoms with E-state index in [0.29, 0.717) is 28.4 Å². The van der Waals surface area contributed by atoms with Crippen molar-refractivity contribution in [2.75, 3.05) is 44.1 Å². The van der Waals surface area contributed by atoms with Gasteiger partial charge in [-0.15, -0.1) is 0 Å². The number of anilines is 1. The number of thiazole rings is 1. The van der Waals surface area contributed by atoms with Crippen molar-refractivity contribution in [3.05, 3.63) is 48.5 Å². The van der Waals surface area contributed by atoms with E-state index in [1.54, 1.807) is 30.3 Å². The summed E-state index contributed by atoms with van der Waals surface area (Å²) in [6, 6.07) is 12.9. The van der Waals surface area contributed by atoms with Crippen molar-refractivity contribution < 1.29 is 21.6 Å². The van der Waals surface area contributed by atoms with Crippen LogP contribution in [0.2, 0.25) is 0 Å². The molecule has 1 heterocycles. The van der Waals surface area contributed by atoms with Crippen LogP contribution in [0, 0.1) is 0 Å². The summed E-state index contributed by atoms with van der Waals surface area (Å²) in [5.41, 5.74) is 0.314. The van der Waals surface area contributed by atoms with Gasteiger partial charge in [0.15, 0.2) is 24.8 Å². The predicted octanol–water partition coefficient (Wildman–Crippen LogP) is 2.46. The topological polar surface area (TPSA) is 105 Å². The molecule has 0 aliphatic heterocycles. The first kappa shape index (κ1) is 24.3. The Morgan fingerprint density at radius 2 is 1.66 bits per heavy atom. The van der Waals surface area contributed by atoms with Crippen molar-refractivity contribution in [1.82, 2.24) is 9.88 Å². The zero-order valence-electron chi connectivity index (χ0n) is 18.1. The summed E-state index contributed by atoms with van der Waals surface area (Å²) in [5, 5.41) is 0.347. The van der Waals surface area contributed by atoms with Gasteiger partial charge < -0.3 is 4.90 Å². The number of rotatable bonds is 9. The Kier molecular flexibility index (Phi) is 7.33. The Morgan fingerprint density at radius 3 is 2.28 bits per heavy atom. The average Bonchev–Trinajstić information content (AvgIpc) is 3.16. The van der Waals surface area contributed by atoms with Crippen LogP contribution in [0.1, 0.15) is 6.42 Å². The van der Waals surface area contributed by atoms with Crippen molar-refractivity contribution in [2.24, 2.45) is 0 Å². The van der Waals surface area contributed by atoms with Gasteiger partial charge in [-0.1, -0.05) is 35.6 Å². The number of carbonyl (C=O) groups excluding carboxylic acids is 1. The fourth-order valence-corrected chi connectivity index (χ4v) is 6.24. The summed E-state index contributed by atoms with van der Waals surface area (Å²) >= 11 is 1.21. The Hall–Kier alpha value is -2.34. The van der Waals surface area contributed by atoms with E-state index < -0.39 is 19.7 Å². The van der Waals surface area contributed by atoms with Gasteiger partial charge in [-0.2, -0.15) is 0 Å². The molecule has 0 aliphatic rings. The molecule has 0 saturated carbocycles. The zero-order chi connectivity index (χ0) is 23.5. The summed E-state index contributed by atoms with van der Waals surface area (Å²) in [4.78, 5) is 21.2. The van der Waals surface area contributed by atoms with Crippen molar-refractivity contribution in [3.8, 4) is 0 Å². The lowest BCUT2D eigenvalue weighted by molar-refractivity contribution is -0.118. The number of sulfone groups is 2. The smallest absolute Gasteiger partial charge is 0.229 e. The molecular formula is C21H25N3O5S3. The molecule has 1 aromatic heterocycles. The van der Waals surface area contributed by atoms with E-state index >= 15 is 0 Å². The third-order valence-corrected chi connectivity index (χ3v) is 8.66. The summed E-state index contributed by atoms with van der Waals surface area (Å²) in [7, 11) is -3.37. The quantitative estimate of drug-likeness (QED) is 0.449. The molecule has 11 heteroatoms. The first-order valence-electron chi connectivity index (χ1n) is 9.81. The second-order valence-corrected chi connectivity index (χ2v) is 12.7. The van der Waals surface area contributed by atoms with Gasteiger partial charge in [-0.3, -0.25) is 9.69 Å². The molecule has 0 N–H and O–H groups in total. The first-order valence-corrected chi connectivity index (χ1v) is 14.2. The van der Waals surface area contributed by atoms with Gasteiger partial charge in [0.2, 0.25) is 5.91 Å². The minimum absolute atomic E-state index is 0.101. The molecule has 0 spiro atoms. The summed E-state index contributed by atoms with van der Waals surface area (Å²) in [6.07, 6.45) is 0.906. The van der Waals surface area contributed by atoms with Crippen molar-refractivity contribution in [3.63, 3.8) is 0 Å². The minimum atomic E-state index is -3.61. The molecule has 172 valence electrons. The van der Waals surface area contributed by atoms with Crippen molar-refractivity contribution >= 4 is 52.3 Å². The molecule has 8 nitrogen and oxygen atoms in total. The van der Waals surface area contributed by atoms with E-state index in [1.807, 2.05) is 19.0 Å². The molecule has 0 bridgehead atoms. The van der Waals surface area contributed by atoms with E-state index in [2.05, 4.69) is 4.98 Å². The molecule has 0 fully saturated rings. The fraction of sp³-hybridized carbons (Fsp3) is 0.333. The van der Waals surface area contributed by atoms with Crippen LogP contribution >= 0.6 is 11.3 Å². The number of carbonyl (C=O) groups is 1. The lowest BCUT2D eigenvalue weighted by Gasteiger charge is -2.22. The van der Waals surface area contributed by atoms with Gasteiger partial charge in [0.25, 0.3) is 0 Å². The van der Waals surface area contributed by atoms with E-state index in [0.717, 1.165) is 6.26 Å². The van der Waals surface area contributed by atoms with Crippen LogP contribution in [0.4, 0.5) is 5.13 Å². The van der Waals surface area contributed by atoms with Crippen LogP contribution in [0.5, 0.6) is 0 Å². The number of amides is 1. The molecular weight excluding hydrogens is 470 g/mol. The van der Waals surface area contributed by atoms with Crippen molar-refractivity contribution in [1.29, 1.82) is 0 Å². The lowest BCUT2D eigenvalue weighted by Crippen LogP contribution is -2.37. The summed E-state index contributed by atoms with van der Waals surface area (Å²) in [5.74, 6) is -0.709. The number of aromatic nitrogens is 1. The number of hydrogen-bond donors (Lipinski definition) is 0. The summed E-state index contributed by atoms with van der Waals surface area (Å²) < 4.78 is 50.1. The van der Waals surface area contributed by atoms with Gasteiger partial charge in [-0.25, -0.2) is 21.8 Å². The lowest BCUT2D eigenvalue weighted by atomic mass is 10.3. The molecule has 0 atom stereocenters. The maximum Gasteiger partial charge on any atom is 0.229 e. The van der Waals surface area contributed by atoms with Crippen molar-refractivity contribution in [2.45, 2.75) is 16.2 Å². The SMILES string of the molecule is CN(C)CCN(C(=O)CCS(=O)(=O)c1ccccc1)c1nc2c(S(C)(=O)=O)cccc2s1. The maximum atomic E-state index is 13.1. The monoisotopic (exact) mass is 495 g/mol. The summed E-state index contributed by atoms with van der Waals surface area (Å²) in [6.45, 7) is 0.831. The molecule has 0 unspecified atom stereocenters. The van der Waals surface area contributed by atoms with Gasteiger partial charge in [0.1, 0.15) is 5.52 Å². The van der Waals surface area contributed by atoms with E-state index in [-0.39, 0.29) is 27.9 Å². The second-order valence-electron chi connectivity index (χ2n) is 7.60. The van der Waals surface area contributed by atoms with Crippen LogP contribution < -0.4 is 4.90 Å². The third-order valence-electron chi connectivity index (χ3n) is 4.76. The molecule has 0 radical (unpaired) electrons. The highest BCUT2D eigenvalue weighted by Crippen LogP contribution is 2.33. The Morgan fingerprint density at radius 1 is 0.969 bits per heavy atom. The van der Waals surface area contributed by atoms with Gasteiger partial charge >= 0.3 is 0 Å². The van der Waals surface area contributed by atoms with E-state index in [4.69, 9.17) is 0 Å². The molecule has 2 aromatic carbocycles. The highest BCUT2D eigenvalue weighted by atomic mass is 32.2. The Labute approximate surface area is 192 Å². The van der Waals surface area contributed by atoms with Crippen LogP contribution in [-0.2, 0) is 24.5 Å². The molecule has 3 aromatic rings. The van der Waals surface area contributed by atoms with E-state index in [9.17, 15) is 21.6 Å².